The first-order valence-corrected chi connectivity index (χ1v) is 10.5. The van der Waals surface area contributed by atoms with Crippen LogP contribution in [0, 0.1) is 0 Å². The summed E-state index contributed by atoms with van der Waals surface area (Å²) in [6.07, 6.45) is 4.40. The summed E-state index contributed by atoms with van der Waals surface area (Å²) in [5.41, 5.74) is 10.3. The molecule has 1 amide bonds. The van der Waals surface area contributed by atoms with Gasteiger partial charge in [0.25, 0.3) is 0 Å². The largest absolute Gasteiger partial charge is 0.457 e. The maximum Gasteiger partial charge on any atom is 0.243 e. The molecule has 5 rings (SSSR count). The van der Waals surface area contributed by atoms with Crippen molar-refractivity contribution in [3.63, 3.8) is 0 Å². The van der Waals surface area contributed by atoms with Crippen LogP contribution in [0.25, 0.3) is 22.2 Å². The third-order valence-corrected chi connectivity index (χ3v) is 5.76. The molecule has 32 heavy (non-hydrogen) atoms. The Morgan fingerprint density at radius 3 is 2.62 bits per heavy atom. The van der Waals surface area contributed by atoms with Crippen LogP contribution in [0.4, 0.5) is 5.82 Å². The molecule has 1 unspecified atom stereocenters. The van der Waals surface area contributed by atoms with Crippen molar-refractivity contribution in [3.8, 4) is 22.6 Å². The minimum absolute atomic E-state index is 0.00860. The van der Waals surface area contributed by atoms with Crippen molar-refractivity contribution in [3.05, 3.63) is 79.3 Å². The van der Waals surface area contributed by atoms with E-state index >= 15 is 0 Å². The fourth-order valence-electron chi connectivity index (χ4n) is 4.32. The molecule has 0 aliphatic carbocycles. The van der Waals surface area contributed by atoms with E-state index in [9.17, 15) is 4.79 Å². The summed E-state index contributed by atoms with van der Waals surface area (Å²) >= 11 is 0. The minimum atomic E-state index is -0.168. The Bertz CT molecular complexity index is 1300. The number of fused-ring (bicyclic) bond motifs is 3. The van der Waals surface area contributed by atoms with Gasteiger partial charge in [0.15, 0.2) is 0 Å². The Labute approximate surface area is 185 Å². The van der Waals surface area contributed by atoms with Crippen molar-refractivity contribution in [2.24, 2.45) is 0 Å². The van der Waals surface area contributed by atoms with Crippen LogP contribution in [0.15, 0.2) is 73.6 Å². The van der Waals surface area contributed by atoms with Gasteiger partial charge >= 0.3 is 0 Å². The molecule has 3 N–H and O–H groups in total. The zero-order valence-corrected chi connectivity index (χ0v) is 17.5. The van der Waals surface area contributed by atoms with Gasteiger partial charge in [0.05, 0.1) is 5.39 Å². The Morgan fingerprint density at radius 2 is 1.88 bits per heavy atom. The smallest absolute Gasteiger partial charge is 0.243 e. The van der Waals surface area contributed by atoms with Gasteiger partial charge in [-0.15, -0.1) is 0 Å². The number of nitrogens with one attached hydrogen (secondary N) is 1. The first-order chi connectivity index (χ1) is 15.6. The Morgan fingerprint density at radius 1 is 1.12 bits per heavy atom. The first-order valence-electron chi connectivity index (χ1n) is 10.5. The highest BCUT2D eigenvalue weighted by Gasteiger charge is 2.28. The molecule has 3 heterocycles. The van der Waals surface area contributed by atoms with Crippen LogP contribution in [0.5, 0.6) is 11.5 Å². The number of hydrogen-bond acceptors (Lipinski definition) is 5. The second kappa shape index (κ2) is 8.19. The van der Waals surface area contributed by atoms with Crippen LogP contribution in [0.1, 0.15) is 12.1 Å². The van der Waals surface area contributed by atoms with E-state index in [4.69, 9.17) is 10.5 Å². The summed E-state index contributed by atoms with van der Waals surface area (Å²) in [7, 11) is 0. The van der Waals surface area contributed by atoms with Crippen molar-refractivity contribution < 1.29 is 9.53 Å². The number of carbonyl (C=O) groups excluding carboxylic acids is 1. The normalized spacial score (nSPS) is 15.2. The molecule has 1 aliphatic heterocycles. The molecule has 0 saturated carbocycles. The summed E-state index contributed by atoms with van der Waals surface area (Å²) in [5.74, 6) is 1.83. The number of nitrogens with two attached hydrogens (primary N) is 1. The molecule has 7 heteroatoms. The highest BCUT2D eigenvalue weighted by molar-refractivity contribution is 6.02. The van der Waals surface area contributed by atoms with Gasteiger partial charge in [-0.25, -0.2) is 9.97 Å². The molecule has 2 aromatic heterocycles. The average molecular weight is 425 g/mol. The fourth-order valence-corrected chi connectivity index (χ4v) is 4.32. The monoisotopic (exact) mass is 425 g/mol. The summed E-state index contributed by atoms with van der Waals surface area (Å²) in [4.78, 5) is 20.6. The van der Waals surface area contributed by atoms with E-state index in [-0.39, 0.29) is 11.9 Å². The van der Waals surface area contributed by atoms with Crippen molar-refractivity contribution in [2.45, 2.75) is 25.4 Å². The van der Waals surface area contributed by atoms with Crippen LogP contribution in [0.3, 0.4) is 0 Å². The molecule has 7 nitrogen and oxygen atoms in total. The number of anilines is 1. The van der Waals surface area contributed by atoms with E-state index < -0.39 is 0 Å². The quantitative estimate of drug-likeness (QED) is 0.470. The maximum absolute atomic E-state index is 11.8. The van der Waals surface area contributed by atoms with E-state index in [2.05, 4.69) is 26.4 Å². The van der Waals surface area contributed by atoms with Gasteiger partial charge in [0, 0.05) is 23.8 Å². The third-order valence-electron chi connectivity index (χ3n) is 5.76. The molecule has 0 fully saturated rings. The number of rotatable bonds is 5. The summed E-state index contributed by atoms with van der Waals surface area (Å²) in [5, 5.41) is 3.84. The molecule has 1 atom stereocenters. The van der Waals surface area contributed by atoms with Gasteiger partial charge in [-0.1, -0.05) is 36.9 Å². The lowest BCUT2D eigenvalue weighted by Gasteiger charge is -2.26. The lowest BCUT2D eigenvalue weighted by atomic mass is 9.97. The molecule has 1 aliphatic rings. The SMILES string of the molecule is C=CC(=O)NC1CCc2c(-c3ccc(Oc4ccccc4)cc3)c3c(N)ncnc3n2C1. The van der Waals surface area contributed by atoms with Crippen LogP contribution in [-0.2, 0) is 17.8 Å². The summed E-state index contributed by atoms with van der Waals surface area (Å²) < 4.78 is 8.08. The van der Waals surface area contributed by atoms with Crippen molar-refractivity contribution in [2.75, 3.05) is 5.73 Å². The van der Waals surface area contributed by atoms with Gasteiger partial charge in [0.2, 0.25) is 5.91 Å². The molecule has 0 spiro atoms. The first kappa shape index (κ1) is 19.8. The van der Waals surface area contributed by atoms with Crippen LogP contribution in [-0.4, -0.2) is 26.5 Å². The molecule has 4 aromatic rings. The van der Waals surface area contributed by atoms with E-state index in [0.717, 1.165) is 52.2 Å². The Balaban J connectivity index is 1.53. The van der Waals surface area contributed by atoms with Gasteiger partial charge in [-0.2, -0.15) is 0 Å². The third kappa shape index (κ3) is 3.58. The average Bonchev–Trinajstić information content (AvgIpc) is 3.15. The zero-order chi connectivity index (χ0) is 22.1. The number of ether oxygens (including phenoxy) is 1. The van der Waals surface area contributed by atoms with Crippen LogP contribution >= 0.6 is 0 Å². The fraction of sp³-hybridized carbons (Fsp3) is 0.160. The molecule has 0 saturated heterocycles. The van der Waals surface area contributed by atoms with E-state index in [1.54, 1.807) is 0 Å². The maximum atomic E-state index is 11.8. The Hall–Kier alpha value is -4.13. The molecular formula is C25H23N5O2. The molecule has 2 aromatic carbocycles. The number of amides is 1. The zero-order valence-electron chi connectivity index (χ0n) is 17.5. The minimum Gasteiger partial charge on any atom is -0.457 e. The number of hydrogen-bond donors (Lipinski definition) is 2. The molecule has 160 valence electrons. The Kier molecular flexibility index (Phi) is 5.07. The number of nitrogens with zero attached hydrogens (tertiary/aromatic N) is 3. The summed E-state index contributed by atoms with van der Waals surface area (Å²) in [6, 6.07) is 17.7. The predicted molar refractivity (Wildman–Crippen MR) is 124 cm³/mol. The van der Waals surface area contributed by atoms with Crippen LogP contribution < -0.4 is 15.8 Å². The van der Waals surface area contributed by atoms with Crippen molar-refractivity contribution in [1.29, 1.82) is 0 Å². The highest BCUT2D eigenvalue weighted by atomic mass is 16.5. The van der Waals surface area contributed by atoms with Gasteiger partial charge in [-0.3, -0.25) is 4.79 Å². The van der Waals surface area contributed by atoms with Crippen molar-refractivity contribution >= 4 is 22.8 Å². The van der Waals surface area contributed by atoms with E-state index in [1.165, 1.54) is 12.4 Å². The second-order valence-corrected chi connectivity index (χ2v) is 7.78. The topological polar surface area (TPSA) is 95.1 Å². The van der Waals surface area contributed by atoms with E-state index in [0.29, 0.717) is 12.4 Å². The molecular weight excluding hydrogens is 402 g/mol. The lowest BCUT2D eigenvalue weighted by Crippen LogP contribution is -2.40. The number of carbonyl (C=O) groups is 1. The van der Waals surface area contributed by atoms with Gasteiger partial charge in [0.1, 0.15) is 29.3 Å². The summed E-state index contributed by atoms with van der Waals surface area (Å²) in [6.45, 7) is 4.17. The van der Waals surface area contributed by atoms with Crippen LogP contribution in [0.2, 0.25) is 0 Å². The molecule has 0 bridgehead atoms. The van der Waals surface area contributed by atoms with Gasteiger partial charge in [-0.05, 0) is 48.7 Å². The highest BCUT2D eigenvalue weighted by Crippen LogP contribution is 2.39. The number of aromatic nitrogens is 3. The predicted octanol–water partition coefficient (Wildman–Crippen LogP) is 4.09. The van der Waals surface area contributed by atoms with Crippen molar-refractivity contribution in [1.82, 2.24) is 19.9 Å². The molecule has 0 radical (unpaired) electrons. The standard InChI is InChI=1S/C25H23N5O2/c1-2-21(31)29-17-10-13-20-22(23-24(26)27-15-28-25(23)30(20)14-17)16-8-11-19(12-9-16)32-18-6-4-3-5-7-18/h2-9,11-12,15,17H,1,10,13-14H2,(H,29,31)(H2,26,27,28). The number of para-hydroxylation sites is 1. The van der Waals surface area contributed by atoms with E-state index in [1.807, 2.05) is 54.6 Å². The van der Waals surface area contributed by atoms with Gasteiger partial charge < -0.3 is 20.4 Å². The second-order valence-electron chi connectivity index (χ2n) is 7.78. The number of benzene rings is 2. The lowest BCUT2D eigenvalue weighted by molar-refractivity contribution is -0.117. The number of nitrogen functional groups attached to an aromatic ring is 1.